The summed E-state index contributed by atoms with van der Waals surface area (Å²) in [7, 11) is 1.76. The third kappa shape index (κ3) is 3.58. The van der Waals surface area contributed by atoms with E-state index in [9.17, 15) is 0 Å². The van der Waals surface area contributed by atoms with Crippen molar-refractivity contribution >= 4 is 10.9 Å². The molecule has 19 heavy (non-hydrogen) atoms. The normalized spacial score (nSPS) is 13.3. The van der Waals surface area contributed by atoms with E-state index >= 15 is 0 Å². The van der Waals surface area contributed by atoms with Crippen LogP contribution in [0.25, 0.3) is 10.9 Å². The van der Waals surface area contributed by atoms with Gasteiger partial charge in [0, 0.05) is 38.0 Å². The van der Waals surface area contributed by atoms with Gasteiger partial charge in [-0.25, -0.2) is 0 Å². The van der Waals surface area contributed by atoms with E-state index in [2.05, 4.69) is 61.1 Å². The number of fused-ring (bicyclic) bond motifs is 1. The summed E-state index contributed by atoms with van der Waals surface area (Å²) < 4.78 is 7.58. The number of ether oxygens (including phenoxy) is 1. The zero-order valence-electron chi connectivity index (χ0n) is 12.3. The van der Waals surface area contributed by atoms with Gasteiger partial charge in [0.25, 0.3) is 0 Å². The van der Waals surface area contributed by atoms with E-state index in [1.165, 1.54) is 16.5 Å². The van der Waals surface area contributed by atoms with Crippen LogP contribution in [0.2, 0.25) is 0 Å². The van der Waals surface area contributed by atoms with Gasteiger partial charge in [0.2, 0.25) is 0 Å². The zero-order chi connectivity index (χ0) is 13.8. The minimum Gasteiger partial charge on any atom is -0.380 e. The van der Waals surface area contributed by atoms with Crippen molar-refractivity contribution in [3.05, 3.63) is 36.0 Å². The first-order valence-corrected chi connectivity index (χ1v) is 6.94. The van der Waals surface area contributed by atoms with Crippen LogP contribution in [0.1, 0.15) is 26.3 Å². The van der Waals surface area contributed by atoms with Crippen LogP contribution in [-0.2, 0) is 17.8 Å². The fourth-order valence-electron chi connectivity index (χ4n) is 2.19. The summed E-state index contributed by atoms with van der Waals surface area (Å²) in [6, 6.07) is 9.36. The third-order valence-electron chi connectivity index (χ3n) is 3.41. The number of methoxy groups -OCH3 is 1. The Labute approximate surface area is 115 Å². The summed E-state index contributed by atoms with van der Waals surface area (Å²) in [4.78, 5) is 0. The average Bonchev–Trinajstić information content (AvgIpc) is 2.78. The zero-order valence-corrected chi connectivity index (χ0v) is 12.3. The van der Waals surface area contributed by atoms with Crippen molar-refractivity contribution in [3.63, 3.8) is 0 Å². The second kappa shape index (κ2) is 6.22. The summed E-state index contributed by atoms with van der Waals surface area (Å²) in [5.74, 6) is 0. The lowest BCUT2D eigenvalue weighted by Gasteiger charge is -2.12. The van der Waals surface area contributed by atoms with E-state index < -0.39 is 0 Å². The Morgan fingerprint density at radius 2 is 2.00 bits per heavy atom. The molecule has 0 spiro atoms. The number of hydrogen-bond donors (Lipinski definition) is 1. The van der Waals surface area contributed by atoms with Crippen molar-refractivity contribution in [2.24, 2.45) is 0 Å². The topological polar surface area (TPSA) is 26.2 Å². The highest BCUT2D eigenvalue weighted by Crippen LogP contribution is 2.18. The van der Waals surface area contributed by atoms with Crippen LogP contribution >= 0.6 is 0 Å². The van der Waals surface area contributed by atoms with Gasteiger partial charge in [0.1, 0.15) is 0 Å². The molecule has 0 aliphatic heterocycles. The molecule has 1 atom stereocenters. The lowest BCUT2D eigenvalue weighted by molar-refractivity contribution is 0.104. The maximum absolute atomic E-state index is 5.33. The Hall–Kier alpha value is -1.32. The molecule has 3 heteroatoms. The van der Waals surface area contributed by atoms with Crippen molar-refractivity contribution in [2.75, 3.05) is 7.11 Å². The molecule has 104 valence electrons. The number of benzene rings is 1. The molecule has 1 aromatic heterocycles. The van der Waals surface area contributed by atoms with Crippen molar-refractivity contribution in [1.29, 1.82) is 0 Å². The number of nitrogens with one attached hydrogen (secondary N) is 1. The molecule has 0 fully saturated rings. The molecule has 1 unspecified atom stereocenters. The van der Waals surface area contributed by atoms with Gasteiger partial charge in [-0.05, 0) is 36.1 Å². The molecule has 1 heterocycles. The number of nitrogens with zero attached hydrogens (tertiary/aromatic N) is 1. The predicted molar refractivity (Wildman–Crippen MR) is 80.4 cm³/mol. The van der Waals surface area contributed by atoms with Gasteiger partial charge in [-0.2, -0.15) is 0 Å². The lowest BCUT2D eigenvalue weighted by atomic mass is 10.1. The molecule has 0 saturated heterocycles. The van der Waals surface area contributed by atoms with Crippen molar-refractivity contribution < 1.29 is 4.74 Å². The molecule has 2 rings (SSSR count). The van der Waals surface area contributed by atoms with Gasteiger partial charge >= 0.3 is 0 Å². The first-order valence-electron chi connectivity index (χ1n) is 6.94. The van der Waals surface area contributed by atoms with Gasteiger partial charge in [-0.1, -0.05) is 19.9 Å². The van der Waals surface area contributed by atoms with Crippen LogP contribution in [0, 0.1) is 0 Å². The first kappa shape index (κ1) is 14.1. The Bertz CT molecular complexity index is 531. The van der Waals surface area contributed by atoms with E-state index in [0.29, 0.717) is 6.04 Å². The van der Waals surface area contributed by atoms with E-state index in [1.807, 2.05) is 0 Å². The SMILES string of the molecule is COC(C)Cn1ccc2cc(CNC(C)C)ccc21. The number of hydrogen-bond acceptors (Lipinski definition) is 2. The molecule has 1 aromatic carbocycles. The quantitative estimate of drug-likeness (QED) is 0.863. The molecular formula is C16H24N2O. The van der Waals surface area contributed by atoms with Gasteiger partial charge in [-0.3, -0.25) is 0 Å². The maximum Gasteiger partial charge on any atom is 0.0722 e. The second-order valence-corrected chi connectivity index (χ2v) is 5.44. The van der Waals surface area contributed by atoms with Crippen LogP contribution in [0.5, 0.6) is 0 Å². The molecule has 0 radical (unpaired) electrons. The molecule has 0 aliphatic carbocycles. The summed E-state index contributed by atoms with van der Waals surface area (Å²) >= 11 is 0. The standard InChI is InChI=1S/C16H24N2O/c1-12(2)17-10-14-5-6-16-15(9-14)7-8-18(16)11-13(3)19-4/h5-9,12-13,17H,10-11H2,1-4H3. The predicted octanol–water partition coefficient (Wildman–Crippen LogP) is 3.17. The molecule has 1 N–H and O–H groups in total. The Morgan fingerprint density at radius 1 is 1.21 bits per heavy atom. The van der Waals surface area contributed by atoms with Gasteiger partial charge in [0.15, 0.2) is 0 Å². The van der Waals surface area contributed by atoms with Crippen molar-refractivity contribution in [2.45, 2.75) is 46.0 Å². The van der Waals surface area contributed by atoms with Gasteiger partial charge < -0.3 is 14.6 Å². The summed E-state index contributed by atoms with van der Waals surface area (Å²) in [5.41, 5.74) is 2.61. The summed E-state index contributed by atoms with van der Waals surface area (Å²) in [5, 5.41) is 4.75. The van der Waals surface area contributed by atoms with Crippen molar-refractivity contribution in [3.8, 4) is 0 Å². The first-order chi connectivity index (χ1) is 9.10. The van der Waals surface area contributed by atoms with E-state index in [1.54, 1.807) is 7.11 Å². The van der Waals surface area contributed by atoms with Crippen LogP contribution < -0.4 is 5.32 Å². The van der Waals surface area contributed by atoms with Crippen LogP contribution in [0.15, 0.2) is 30.5 Å². The smallest absolute Gasteiger partial charge is 0.0722 e. The maximum atomic E-state index is 5.33. The molecule has 0 aliphatic rings. The average molecular weight is 260 g/mol. The minimum absolute atomic E-state index is 0.234. The molecule has 0 saturated carbocycles. The Kier molecular flexibility index (Phi) is 4.61. The van der Waals surface area contributed by atoms with Gasteiger partial charge in [0.05, 0.1) is 6.10 Å². The molecular weight excluding hydrogens is 236 g/mol. The van der Waals surface area contributed by atoms with Gasteiger partial charge in [-0.15, -0.1) is 0 Å². The van der Waals surface area contributed by atoms with E-state index in [-0.39, 0.29) is 6.10 Å². The highest BCUT2D eigenvalue weighted by Gasteiger charge is 2.06. The molecule has 0 bridgehead atoms. The molecule has 3 nitrogen and oxygen atoms in total. The fourth-order valence-corrected chi connectivity index (χ4v) is 2.19. The van der Waals surface area contributed by atoms with Crippen LogP contribution in [-0.4, -0.2) is 23.8 Å². The highest BCUT2D eigenvalue weighted by atomic mass is 16.5. The summed E-state index contributed by atoms with van der Waals surface area (Å²) in [6.07, 6.45) is 2.37. The van der Waals surface area contributed by atoms with E-state index in [0.717, 1.165) is 13.1 Å². The Balaban J connectivity index is 2.16. The third-order valence-corrected chi connectivity index (χ3v) is 3.41. The van der Waals surface area contributed by atoms with E-state index in [4.69, 9.17) is 4.74 Å². The number of rotatable bonds is 6. The molecule has 2 aromatic rings. The Morgan fingerprint density at radius 3 is 2.68 bits per heavy atom. The fraction of sp³-hybridized carbons (Fsp3) is 0.500. The summed E-state index contributed by atoms with van der Waals surface area (Å²) in [6.45, 7) is 8.24. The largest absolute Gasteiger partial charge is 0.380 e. The lowest BCUT2D eigenvalue weighted by Crippen LogP contribution is -2.21. The monoisotopic (exact) mass is 260 g/mol. The van der Waals surface area contributed by atoms with Crippen LogP contribution in [0.4, 0.5) is 0 Å². The van der Waals surface area contributed by atoms with Crippen LogP contribution in [0.3, 0.4) is 0 Å². The minimum atomic E-state index is 0.234. The molecule has 0 amide bonds. The highest BCUT2D eigenvalue weighted by molar-refractivity contribution is 5.80. The second-order valence-electron chi connectivity index (χ2n) is 5.44. The van der Waals surface area contributed by atoms with Crippen molar-refractivity contribution in [1.82, 2.24) is 9.88 Å². The number of aromatic nitrogens is 1.